The summed E-state index contributed by atoms with van der Waals surface area (Å²) in [5.41, 5.74) is 7.84. The summed E-state index contributed by atoms with van der Waals surface area (Å²) >= 11 is 0. The molecule has 3 nitrogen and oxygen atoms in total. The molecule has 19 heavy (non-hydrogen) atoms. The SMILES string of the molecule is NC(=O)NC1c2cc(F)ccc2-c2ccc(F)cc21. The Balaban J connectivity index is 2.22. The van der Waals surface area contributed by atoms with Gasteiger partial charge in [0.2, 0.25) is 0 Å². The topological polar surface area (TPSA) is 55.1 Å². The first-order valence-electron chi connectivity index (χ1n) is 5.71. The predicted octanol–water partition coefficient (Wildman–Crippen LogP) is 2.70. The second kappa shape index (κ2) is 4.05. The minimum absolute atomic E-state index is 0.414. The van der Waals surface area contributed by atoms with E-state index in [1.54, 1.807) is 12.1 Å². The Hall–Kier alpha value is -2.43. The highest BCUT2D eigenvalue weighted by Gasteiger charge is 2.30. The smallest absolute Gasteiger partial charge is 0.312 e. The monoisotopic (exact) mass is 260 g/mol. The van der Waals surface area contributed by atoms with Crippen molar-refractivity contribution in [2.24, 2.45) is 5.73 Å². The Labute approximate surface area is 108 Å². The number of primary amides is 1. The molecule has 0 heterocycles. The maximum absolute atomic E-state index is 13.4. The molecule has 3 N–H and O–H groups in total. The van der Waals surface area contributed by atoms with E-state index in [4.69, 9.17) is 5.73 Å². The van der Waals surface area contributed by atoms with Crippen LogP contribution in [0.4, 0.5) is 13.6 Å². The Morgan fingerprint density at radius 2 is 1.47 bits per heavy atom. The van der Waals surface area contributed by atoms with Crippen molar-refractivity contribution in [1.82, 2.24) is 5.32 Å². The highest BCUT2D eigenvalue weighted by molar-refractivity contribution is 5.82. The number of nitrogens with one attached hydrogen (secondary N) is 1. The van der Waals surface area contributed by atoms with Gasteiger partial charge in [-0.15, -0.1) is 0 Å². The van der Waals surface area contributed by atoms with Crippen LogP contribution in [-0.4, -0.2) is 6.03 Å². The van der Waals surface area contributed by atoms with Crippen molar-refractivity contribution in [2.45, 2.75) is 6.04 Å². The third-order valence-corrected chi connectivity index (χ3v) is 3.23. The molecule has 2 aromatic carbocycles. The molecule has 0 fully saturated rings. The number of carbonyl (C=O) groups is 1. The zero-order valence-electron chi connectivity index (χ0n) is 9.78. The molecule has 0 saturated carbocycles. The van der Waals surface area contributed by atoms with Crippen LogP contribution in [0.2, 0.25) is 0 Å². The second-order valence-corrected chi connectivity index (χ2v) is 4.40. The fraction of sp³-hybridized carbons (Fsp3) is 0.0714. The van der Waals surface area contributed by atoms with Gasteiger partial charge in [-0.1, -0.05) is 12.1 Å². The number of hydrogen-bond acceptors (Lipinski definition) is 1. The summed E-state index contributed by atoms with van der Waals surface area (Å²) in [5.74, 6) is -0.827. The van der Waals surface area contributed by atoms with E-state index < -0.39 is 23.7 Å². The number of hydrogen-bond donors (Lipinski definition) is 2. The summed E-state index contributed by atoms with van der Waals surface area (Å²) in [6.07, 6.45) is 0. The number of halogens is 2. The van der Waals surface area contributed by atoms with Gasteiger partial charge in [-0.25, -0.2) is 13.6 Å². The summed E-state index contributed by atoms with van der Waals surface area (Å²) in [7, 11) is 0. The first-order chi connectivity index (χ1) is 9.06. The van der Waals surface area contributed by atoms with Crippen LogP contribution in [0, 0.1) is 11.6 Å². The van der Waals surface area contributed by atoms with Crippen LogP contribution in [-0.2, 0) is 0 Å². The fourth-order valence-electron chi connectivity index (χ4n) is 2.50. The number of fused-ring (bicyclic) bond motifs is 3. The molecule has 5 heteroatoms. The van der Waals surface area contributed by atoms with Gasteiger partial charge in [-0.05, 0) is 46.5 Å². The fourth-order valence-corrected chi connectivity index (χ4v) is 2.50. The Kier molecular flexibility index (Phi) is 2.48. The second-order valence-electron chi connectivity index (χ2n) is 4.40. The van der Waals surface area contributed by atoms with Crippen molar-refractivity contribution in [3.8, 4) is 11.1 Å². The summed E-state index contributed by atoms with van der Waals surface area (Å²) in [6, 6.07) is 7.19. The standard InChI is InChI=1S/C14H10F2N2O/c15-7-1-3-9-10-4-2-8(16)6-12(10)13(11(9)5-7)18-14(17)19/h1-6,13H,(H3,17,18,19). The quantitative estimate of drug-likeness (QED) is 0.813. The van der Waals surface area contributed by atoms with Crippen LogP contribution in [0.25, 0.3) is 11.1 Å². The van der Waals surface area contributed by atoms with E-state index in [0.29, 0.717) is 11.1 Å². The number of carbonyl (C=O) groups excluding carboxylic acids is 1. The zero-order chi connectivity index (χ0) is 13.6. The molecule has 3 rings (SSSR count). The van der Waals surface area contributed by atoms with Crippen LogP contribution in [0.15, 0.2) is 36.4 Å². The molecule has 96 valence electrons. The highest BCUT2D eigenvalue weighted by atomic mass is 19.1. The van der Waals surface area contributed by atoms with Crippen molar-refractivity contribution in [3.63, 3.8) is 0 Å². The molecule has 1 aliphatic carbocycles. The van der Waals surface area contributed by atoms with Crippen LogP contribution in [0.5, 0.6) is 0 Å². The van der Waals surface area contributed by atoms with Crippen molar-refractivity contribution >= 4 is 6.03 Å². The summed E-state index contributed by atoms with van der Waals surface area (Å²) in [4.78, 5) is 11.1. The lowest BCUT2D eigenvalue weighted by atomic mass is 10.1. The molecule has 0 spiro atoms. The van der Waals surface area contributed by atoms with Gasteiger partial charge in [-0.2, -0.15) is 0 Å². The molecule has 0 atom stereocenters. The van der Waals surface area contributed by atoms with E-state index in [1.165, 1.54) is 24.3 Å². The van der Waals surface area contributed by atoms with Gasteiger partial charge in [-0.3, -0.25) is 0 Å². The molecule has 0 bridgehead atoms. The molecule has 0 aliphatic heterocycles. The lowest BCUT2D eigenvalue weighted by Gasteiger charge is -2.14. The van der Waals surface area contributed by atoms with Gasteiger partial charge in [0.25, 0.3) is 0 Å². The summed E-state index contributed by atoms with van der Waals surface area (Å²) < 4.78 is 26.7. The molecule has 2 aromatic rings. The average Bonchev–Trinajstić information content (AvgIpc) is 2.62. The first-order valence-corrected chi connectivity index (χ1v) is 5.71. The lowest BCUT2D eigenvalue weighted by molar-refractivity contribution is 0.247. The minimum Gasteiger partial charge on any atom is -0.352 e. The number of benzene rings is 2. The van der Waals surface area contributed by atoms with Gasteiger partial charge in [0.1, 0.15) is 11.6 Å². The number of rotatable bonds is 1. The normalized spacial score (nSPS) is 12.9. The van der Waals surface area contributed by atoms with E-state index in [2.05, 4.69) is 5.32 Å². The molecule has 0 unspecified atom stereocenters. The van der Waals surface area contributed by atoms with E-state index in [9.17, 15) is 13.6 Å². The Morgan fingerprint density at radius 1 is 1.00 bits per heavy atom. The average molecular weight is 260 g/mol. The molecule has 1 aliphatic rings. The number of amides is 2. The summed E-state index contributed by atoms with van der Waals surface area (Å²) in [5, 5.41) is 2.51. The van der Waals surface area contributed by atoms with Crippen molar-refractivity contribution in [3.05, 3.63) is 59.2 Å². The number of urea groups is 1. The Morgan fingerprint density at radius 3 is 1.89 bits per heavy atom. The van der Waals surface area contributed by atoms with Crippen LogP contribution >= 0.6 is 0 Å². The zero-order valence-corrected chi connectivity index (χ0v) is 9.78. The third kappa shape index (κ3) is 1.83. The molecule has 0 radical (unpaired) electrons. The highest BCUT2D eigenvalue weighted by Crippen LogP contribution is 2.43. The molecular formula is C14H10F2N2O. The van der Waals surface area contributed by atoms with Crippen molar-refractivity contribution in [1.29, 1.82) is 0 Å². The maximum Gasteiger partial charge on any atom is 0.312 e. The van der Waals surface area contributed by atoms with Gasteiger partial charge in [0.15, 0.2) is 0 Å². The Bertz CT molecular complexity index is 634. The molecule has 0 aromatic heterocycles. The largest absolute Gasteiger partial charge is 0.352 e. The van der Waals surface area contributed by atoms with Gasteiger partial charge < -0.3 is 11.1 Å². The first kappa shape index (κ1) is 11.6. The van der Waals surface area contributed by atoms with E-state index in [0.717, 1.165) is 11.1 Å². The number of nitrogens with two attached hydrogens (primary N) is 1. The van der Waals surface area contributed by atoms with E-state index in [-0.39, 0.29) is 0 Å². The lowest BCUT2D eigenvalue weighted by Crippen LogP contribution is -2.32. The van der Waals surface area contributed by atoms with Gasteiger partial charge in [0.05, 0.1) is 6.04 Å². The predicted molar refractivity (Wildman–Crippen MR) is 66.4 cm³/mol. The van der Waals surface area contributed by atoms with Gasteiger partial charge in [0, 0.05) is 0 Å². The van der Waals surface area contributed by atoms with Crippen LogP contribution in [0.3, 0.4) is 0 Å². The third-order valence-electron chi connectivity index (χ3n) is 3.23. The summed E-state index contributed by atoms with van der Waals surface area (Å²) in [6.45, 7) is 0. The van der Waals surface area contributed by atoms with E-state index >= 15 is 0 Å². The van der Waals surface area contributed by atoms with Gasteiger partial charge >= 0.3 is 6.03 Å². The molecule has 2 amide bonds. The molecular weight excluding hydrogens is 250 g/mol. The maximum atomic E-state index is 13.4. The van der Waals surface area contributed by atoms with Crippen molar-refractivity contribution < 1.29 is 13.6 Å². The minimum atomic E-state index is -0.739. The van der Waals surface area contributed by atoms with E-state index in [1.807, 2.05) is 0 Å². The van der Waals surface area contributed by atoms with Crippen LogP contribution in [0.1, 0.15) is 17.2 Å². The van der Waals surface area contributed by atoms with Crippen LogP contribution < -0.4 is 11.1 Å². The van der Waals surface area contributed by atoms with Crippen molar-refractivity contribution in [2.75, 3.05) is 0 Å². The molecule has 0 saturated heterocycles.